The monoisotopic (exact) mass is 169 g/mol. The number of carboxylic acid groups (broad SMARTS) is 1. The number of nitrogens with one attached hydrogen (secondary N) is 1. The molecule has 1 aromatic heterocycles. The van der Waals surface area contributed by atoms with Gasteiger partial charge in [-0.2, -0.15) is 0 Å². The molecule has 0 unspecified atom stereocenters. The van der Waals surface area contributed by atoms with E-state index < -0.39 is 11.9 Å². The summed E-state index contributed by atoms with van der Waals surface area (Å²) in [7, 11) is 0. The van der Waals surface area contributed by atoms with Gasteiger partial charge in [0.05, 0.1) is 0 Å². The number of thiophene rings is 1. The average Bonchev–Trinajstić information content (AvgIpc) is 2.40. The molecule has 0 saturated carbocycles. The summed E-state index contributed by atoms with van der Waals surface area (Å²) in [5.41, 5.74) is 0. The first-order valence-corrected chi connectivity index (χ1v) is 3.90. The zero-order valence-electron chi connectivity index (χ0n) is 5.65. The van der Waals surface area contributed by atoms with Gasteiger partial charge in [-0.15, -0.1) is 11.3 Å². The molecule has 1 heterocycles. The zero-order chi connectivity index (χ0) is 8.27. The quantitative estimate of drug-likeness (QED) is 0.674. The standard InChI is InChI=1S/C7H7NO2S/c8-4-5(7(9)10)6-2-1-3-11-6/h1-5,8H,(H,9,10)/t5-/m0/s1. The van der Waals surface area contributed by atoms with Gasteiger partial charge in [0.2, 0.25) is 0 Å². The minimum absolute atomic E-state index is 0.701. The Morgan fingerprint density at radius 1 is 1.82 bits per heavy atom. The molecule has 4 heteroatoms. The van der Waals surface area contributed by atoms with Crippen molar-refractivity contribution in [1.82, 2.24) is 0 Å². The molecule has 2 N–H and O–H groups in total. The van der Waals surface area contributed by atoms with Crippen LogP contribution in [0.4, 0.5) is 0 Å². The highest BCUT2D eigenvalue weighted by atomic mass is 32.1. The van der Waals surface area contributed by atoms with Crippen LogP contribution < -0.4 is 0 Å². The van der Waals surface area contributed by atoms with Crippen molar-refractivity contribution in [2.75, 3.05) is 0 Å². The van der Waals surface area contributed by atoms with Gasteiger partial charge in [-0.05, 0) is 11.4 Å². The van der Waals surface area contributed by atoms with Crippen LogP contribution in [-0.2, 0) is 4.79 Å². The molecule has 3 nitrogen and oxygen atoms in total. The number of rotatable bonds is 3. The number of aliphatic carboxylic acids is 1. The van der Waals surface area contributed by atoms with E-state index in [0.29, 0.717) is 4.88 Å². The molecule has 11 heavy (non-hydrogen) atoms. The van der Waals surface area contributed by atoms with Crippen LogP contribution in [0.2, 0.25) is 0 Å². The Labute approximate surface area is 67.8 Å². The van der Waals surface area contributed by atoms with Crippen molar-refractivity contribution in [3.8, 4) is 0 Å². The molecular formula is C7H7NO2S. The molecular weight excluding hydrogens is 162 g/mol. The van der Waals surface area contributed by atoms with Crippen LogP contribution in [0.3, 0.4) is 0 Å². The molecule has 1 aromatic rings. The molecule has 0 saturated heterocycles. The van der Waals surface area contributed by atoms with Crippen molar-refractivity contribution in [2.24, 2.45) is 0 Å². The average molecular weight is 169 g/mol. The largest absolute Gasteiger partial charge is 0.480 e. The van der Waals surface area contributed by atoms with Crippen LogP contribution in [0.5, 0.6) is 0 Å². The molecule has 0 aliphatic carbocycles. The molecule has 0 aliphatic heterocycles. The summed E-state index contributed by atoms with van der Waals surface area (Å²) in [5, 5.41) is 17.3. The van der Waals surface area contributed by atoms with Gasteiger partial charge in [0, 0.05) is 11.1 Å². The van der Waals surface area contributed by atoms with E-state index >= 15 is 0 Å². The lowest BCUT2D eigenvalue weighted by molar-refractivity contribution is -0.136. The van der Waals surface area contributed by atoms with Gasteiger partial charge >= 0.3 is 5.97 Å². The number of carboxylic acids is 1. The molecule has 0 fully saturated rings. The Balaban J connectivity index is 2.88. The molecule has 0 amide bonds. The number of carbonyl (C=O) groups is 1. The third-order valence-electron chi connectivity index (χ3n) is 1.28. The van der Waals surface area contributed by atoms with Crippen molar-refractivity contribution in [2.45, 2.75) is 5.92 Å². The third kappa shape index (κ3) is 1.65. The lowest BCUT2D eigenvalue weighted by Crippen LogP contribution is -2.10. The maximum atomic E-state index is 10.5. The highest BCUT2D eigenvalue weighted by Crippen LogP contribution is 2.19. The van der Waals surface area contributed by atoms with Crippen LogP contribution >= 0.6 is 11.3 Å². The summed E-state index contributed by atoms with van der Waals surface area (Å²) in [6.07, 6.45) is 0.939. The van der Waals surface area contributed by atoms with Crippen LogP contribution in [0.15, 0.2) is 17.5 Å². The molecule has 0 aromatic carbocycles. The van der Waals surface area contributed by atoms with Gasteiger partial charge in [0.25, 0.3) is 0 Å². The Bertz CT molecular complexity index is 255. The van der Waals surface area contributed by atoms with E-state index in [1.165, 1.54) is 11.3 Å². The van der Waals surface area contributed by atoms with Crippen LogP contribution in [-0.4, -0.2) is 17.3 Å². The zero-order valence-corrected chi connectivity index (χ0v) is 6.47. The van der Waals surface area contributed by atoms with Crippen molar-refractivity contribution in [1.29, 1.82) is 5.41 Å². The SMILES string of the molecule is N=C[C@H](C(=O)O)c1cccs1. The molecule has 1 atom stereocenters. The van der Waals surface area contributed by atoms with Gasteiger partial charge in [-0.3, -0.25) is 4.79 Å². The molecule has 0 bridgehead atoms. The van der Waals surface area contributed by atoms with E-state index in [1.807, 2.05) is 0 Å². The maximum absolute atomic E-state index is 10.5. The van der Waals surface area contributed by atoms with Crippen molar-refractivity contribution in [3.05, 3.63) is 22.4 Å². The fraction of sp³-hybridized carbons (Fsp3) is 0.143. The predicted molar refractivity (Wildman–Crippen MR) is 43.5 cm³/mol. The first kappa shape index (κ1) is 7.94. The minimum Gasteiger partial charge on any atom is -0.480 e. The molecule has 58 valence electrons. The second kappa shape index (κ2) is 3.30. The summed E-state index contributed by atoms with van der Waals surface area (Å²) in [6, 6.07) is 3.49. The van der Waals surface area contributed by atoms with Crippen LogP contribution in [0, 0.1) is 5.41 Å². The lowest BCUT2D eigenvalue weighted by Gasteiger charge is -2.00. The van der Waals surface area contributed by atoms with E-state index in [0.717, 1.165) is 6.21 Å². The van der Waals surface area contributed by atoms with E-state index in [4.69, 9.17) is 10.5 Å². The summed E-state index contributed by atoms with van der Waals surface area (Å²) in [6.45, 7) is 0. The van der Waals surface area contributed by atoms with E-state index in [-0.39, 0.29) is 0 Å². The molecule has 0 spiro atoms. The van der Waals surface area contributed by atoms with E-state index in [9.17, 15) is 4.79 Å². The maximum Gasteiger partial charge on any atom is 0.317 e. The van der Waals surface area contributed by atoms with E-state index in [1.54, 1.807) is 17.5 Å². The molecule has 0 radical (unpaired) electrons. The van der Waals surface area contributed by atoms with Crippen molar-refractivity contribution < 1.29 is 9.90 Å². The van der Waals surface area contributed by atoms with Gasteiger partial charge in [-0.1, -0.05) is 6.07 Å². The van der Waals surface area contributed by atoms with Gasteiger partial charge in [0.1, 0.15) is 5.92 Å². The third-order valence-corrected chi connectivity index (χ3v) is 2.24. The normalized spacial score (nSPS) is 12.4. The van der Waals surface area contributed by atoms with Crippen LogP contribution in [0.25, 0.3) is 0 Å². The highest BCUT2D eigenvalue weighted by Gasteiger charge is 2.16. The van der Waals surface area contributed by atoms with Gasteiger partial charge < -0.3 is 10.5 Å². The Morgan fingerprint density at radius 2 is 2.55 bits per heavy atom. The van der Waals surface area contributed by atoms with Crippen molar-refractivity contribution >= 4 is 23.5 Å². The first-order valence-electron chi connectivity index (χ1n) is 3.02. The van der Waals surface area contributed by atoms with Gasteiger partial charge in [-0.25, -0.2) is 0 Å². The smallest absolute Gasteiger partial charge is 0.317 e. The fourth-order valence-corrected chi connectivity index (χ4v) is 1.53. The Kier molecular flexibility index (Phi) is 2.38. The summed E-state index contributed by atoms with van der Waals surface area (Å²) in [5.74, 6) is -1.74. The second-order valence-corrected chi connectivity index (χ2v) is 2.98. The predicted octanol–water partition coefficient (Wildman–Crippen LogP) is 1.57. The summed E-state index contributed by atoms with van der Waals surface area (Å²) in [4.78, 5) is 11.2. The Hall–Kier alpha value is -1.16. The molecule has 0 aliphatic rings. The number of hydrogen-bond donors (Lipinski definition) is 2. The van der Waals surface area contributed by atoms with Gasteiger partial charge in [0.15, 0.2) is 0 Å². The van der Waals surface area contributed by atoms with Crippen molar-refractivity contribution in [3.63, 3.8) is 0 Å². The van der Waals surface area contributed by atoms with Crippen LogP contribution in [0.1, 0.15) is 10.8 Å². The van der Waals surface area contributed by atoms with E-state index in [2.05, 4.69) is 0 Å². The topological polar surface area (TPSA) is 61.2 Å². The number of hydrogen-bond acceptors (Lipinski definition) is 3. The minimum atomic E-state index is -0.970. The Morgan fingerprint density at radius 3 is 2.91 bits per heavy atom. The summed E-state index contributed by atoms with van der Waals surface area (Å²) < 4.78 is 0. The summed E-state index contributed by atoms with van der Waals surface area (Å²) >= 11 is 1.35. The lowest BCUT2D eigenvalue weighted by atomic mass is 10.1. The highest BCUT2D eigenvalue weighted by molar-refractivity contribution is 7.10. The second-order valence-electron chi connectivity index (χ2n) is 2.00. The fourth-order valence-electron chi connectivity index (χ4n) is 0.743. The first-order chi connectivity index (χ1) is 5.25. The molecule has 1 rings (SSSR count).